The highest BCUT2D eigenvalue weighted by molar-refractivity contribution is 6.62. The second-order valence-corrected chi connectivity index (χ2v) is 6.59. The molecule has 21 heavy (non-hydrogen) atoms. The molecule has 1 aromatic rings. The lowest BCUT2D eigenvalue weighted by molar-refractivity contribution is 0.00578. The minimum atomic E-state index is -0.476. The molecule has 0 aromatic heterocycles. The fourth-order valence-electron chi connectivity index (χ4n) is 2.10. The van der Waals surface area contributed by atoms with E-state index >= 15 is 0 Å². The highest BCUT2D eigenvalue weighted by atomic mass is 35.5. The van der Waals surface area contributed by atoms with Crippen LogP contribution in [0.2, 0.25) is 5.02 Å². The summed E-state index contributed by atoms with van der Waals surface area (Å²) in [5, 5.41) is 3.13. The Morgan fingerprint density at radius 1 is 1.24 bits per heavy atom. The number of rotatable bonds is 3. The summed E-state index contributed by atoms with van der Waals surface area (Å²) < 4.78 is 11.9. The zero-order valence-corrected chi connectivity index (χ0v) is 13.9. The minimum absolute atomic E-state index is 0.178. The van der Waals surface area contributed by atoms with Crippen molar-refractivity contribution in [3.05, 3.63) is 28.8 Å². The van der Waals surface area contributed by atoms with Crippen molar-refractivity contribution < 1.29 is 14.1 Å². The quantitative estimate of drug-likeness (QED) is 0.872. The summed E-state index contributed by atoms with van der Waals surface area (Å²) in [4.78, 5) is 11.8. The van der Waals surface area contributed by atoms with E-state index in [0.29, 0.717) is 17.1 Å². The molecule has 1 fully saturated rings. The summed E-state index contributed by atoms with van der Waals surface area (Å²) in [6.45, 7) is 10.4. The van der Waals surface area contributed by atoms with Crippen molar-refractivity contribution >= 4 is 30.1 Å². The summed E-state index contributed by atoms with van der Waals surface area (Å²) in [6.07, 6.45) is 0. The van der Waals surface area contributed by atoms with Gasteiger partial charge in [0.05, 0.1) is 21.8 Å². The van der Waals surface area contributed by atoms with Crippen molar-refractivity contribution in [1.29, 1.82) is 0 Å². The molecule has 0 bridgehead atoms. The Morgan fingerprint density at radius 2 is 1.81 bits per heavy atom. The number of amides is 1. The first-order chi connectivity index (χ1) is 9.68. The standard InChI is InChI=1S/C15H21BClNO3/c1-6-18-13(19)11-8-7-10(9-12(11)17)16-20-14(2,3)15(4,5)21-16/h7-9H,6H2,1-5H3,(H,18,19). The first kappa shape index (κ1) is 16.3. The van der Waals surface area contributed by atoms with E-state index in [0.717, 1.165) is 5.46 Å². The Bertz CT molecular complexity index is 544. The maximum Gasteiger partial charge on any atom is 0.494 e. The average molecular weight is 310 g/mol. The van der Waals surface area contributed by atoms with Crippen molar-refractivity contribution in [2.45, 2.75) is 45.8 Å². The average Bonchev–Trinajstić information content (AvgIpc) is 2.58. The summed E-state index contributed by atoms with van der Waals surface area (Å²) in [6, 6.07) is 5.25. The van der Waals surface area contributed by atoms with Crippen molar-refractivity contribution in [3.63, 3.8) is 0 Å². The topological polar surface area (TPSA) is 47.6 Å². The van der Waals surface area contributed by atoms with E-state index in [9.17, 15) is 4.79 Å². The SMILES string of the molecule is CCNC(=O)c1ccc(B2OC(C)(C)C(C)(C)O2)cc1Cl. The van der Waals surface area contributed by atoms with Gasteiger partial charge in [0.1, 0.15) is 0 Å². The van der Waals surface area contributed by atoms with E-state index in [2.05, 4.69) is 5.32 Å². The Labute approximate surface area is 131 Å². The number of hydrogen-bond donors (Lipinski definition) is 1. The third kappa shape index (κ3) is 3.10. The maximum atomic E-state index is 11.8. The van der Waals surface area contributed by atoms with Gasteiger partial charge in [-0.15, -0.1) is 0 Å². The molecule has 6 heteroatoms. The molecule has 1 aliphatic rings. The summed E-state index contributed by atoms with van der Waals surface area (Å²) in [5.41, 5.74) is 0.468. The molecule has 1 aliphatic heterocycles. The molecule has 1 aromatic carbocycles. The van der Waals surface area contributed by atoms with E-state index in [1.807, 2.05) is 40.7 Å². The summed E-state index contributed by atoms with van der Waals surface area (Å²) >= 11 is 6.21. The van der Waals surface area contributed by atoms with Crippen molar-refractivity contribution in [1.82, 2.24) is 5.32 Å². The number of benzene rings is 1. The van der Waals surface area contributed by atoms with Gasteiger partial charge >= 0.3 is 7.12 Å². The molecule has 114 valence electrons. The van der Waals surface area contributed by atoms with E-state index in [1.54, 1.807) is 12.1 Å². The molecular formula is C15H21BClNO3. The van der Waals surface area contributed by atoms with Crippen LogP contribution in [0.15, 0.2) is 18.2 Å². The maximum absolute atomic E-state index is 11.8. The molecule has 0 spiro atoms. The van der Waals surface area contributed by atoms with Gasteiger partial charge in [-0.3, -0.25) is 4.79 Å². The van der Waals surface area contributed by atoms with Gasteiger partial charge in [-0.05, 0) is 52.2 Å². The first-order valence-electron chi connectivity index (χ1n) is 7.11. The van der Waals surface area contributed by atoms with Crippen LogP contribution >= 0.6 is 11.6 Å². The predicted molar refractivity (Wildman–Crippen MR) is 85.2 cm³/mol. The highest BCUT2D eigenvalue weighted by Crippen LogP contribution is 2.36. The van der Waals surface area contributed by atoms with Gasteiger partial charge in [-0.2, -0.15) is 0 Å². The monoisotopic (exact) mass is 309 g/mol. The number of carbonyl (C=O) groups excluding carboxylic acids is 1. The van der Waals surface area contributed by atoms with Gasteiger partial charge in [0, 0.05) is 6.54 Å². The van der Waals surface area contributed by atoms with E-state index in [1.165, 1.54) is 0 Å². The van der Waals surface area contributed by atoms with Gasteiger partial charge in [0.15, 0.2) is 0 Å². The van der Waals surface area contributed by atoms with Crippen LogP contribution in [0.3, 0.4) is 0 Å². The molecule has 4 nitrogen and oxygen atoms in total. The Kier molecular flexibility index (Phi) is 4.38. The van der Waals surface area contributed by atoms with Crippen LogP contribution in [0, 0.1) is 0 Å². The van der Waals surface area contributed by atoms with E-state index in [-0.39, 0.29) is 5.91 Å². The fraction of sp³-hybridized carbons (Fsp3) is 0.533. The van der Waals surface area contributed by atoms with Crippen LogP contribution in [0.4, 0.5) is 0 Å². The Balaban J connectivity index is 2.24. The van der Waals surface area contributed by atoms with Gasteiger partial charge in [-0.1, -0.05) is 17.7 Å². The Hall–Kier alpha value is -1.04. The molecule has 0 aliphatic carbocycles. The van der Waals surface area contributed by atoms with Gasteiger partial charge in [-0.25, -0.2) is 0 Å². The Morgan fingerprint density at radius 3 is 2.29 bits per heavy atom. The summed E-state index contributed by atoms with van der Waals surface area (Å²) in [5.74, 6) is -0.178. The van der Waals surface area contributed by atoms with Crippen LogP contribution < -0.4 is 10.8 Å². The van der Waals surface area contributed by atoms with Gasteiger partial charge in [0.25, 0.3) is 5.91 Å². The lowest BCUT2D eigenvalue weighted by Gasteiger charge is -2.32. The molecule has 1 amide bonds. The second kappa shape index (κ2) is 5.63. The molecule has 0 radical (unpaired) electrons. The molecule has 0 unspecified atom stereocenters. The molecule has 0 atom stereocenters. The van der Waals surface area contributed by atoms with Gasteiger partial charge in [0.2, 0.25) is 0 Å². The third-order valence-electron chi connectivity index (χ3n) is 4.10. The number of halogens is 1. The van der Waals surface area contributed by atoms with Crippen LogP contribution in [0.1, 0.15) is 45.0 Å². The molecule has 0 saturated carbocycles. The van der Waals surface area contributed by atoms with Gasteiger partial charge < -0.3 is 14.6 Å². The third-order valence-corrected chi connectivity index (χ3v) is 4.41. The molecule has 1 saturated heterocycles. The van der Waals surface area contributed by atoms with E-state index < -0.39 is 18.3 Å². The molecule has 1 N–H and O–H groups in total. The largest absolute Gasteiger partial charge is 0.494 e. The van der Waals surface area contributed by atoms with Crippen LogP contribution in [0.5, 0.6) is 0 Å². The number of nitrogens with one attached hydrogen (secondary N) is 1. The first-order valence-corrected chi connectivity index (χ1v) is 7.49. The van der Waals surface area contributed by atoms with E-state index in [4.69, 9.17) is 20.9 Å². The van der Waals surface area contributed by atoms with Crippen molar-refractivity contribution in [3.8, 4) is 0 Å². The number of carbonyl (C=O) groups is 1. The minimum Gasteiger partial charge on any atom is -0.399 e. The smallest absolute Gasteiger partial charge is 0.399 e. The van der Waals surface area contributed by atoms with Crippen molar-refractivity contribution in [2.75, 3.05) is 6.54 Å². The lowest BCUT2D eigenvalue weighted by Crippen LogP contribution is -2.41. The second-order valence-electron chi connectivity index (χ2n) is 6.19. The molecule has 1 heterocycles. The molecule has 2 rings (SSSR count). The van der Waals surface area contributed by atoms with Crippen LogP contribution in [-0.4, -0.2) is 30.8 Å². The van der Waals surface area contributed by atoms with Crippen LogP contribution in [-0.2, 0) is 9.31 Å². The van der Waals surface area contributed by atoms with Crippen molar-refractivity contribution in [2.24, 2.45) is 0 Å². The predicted octanol–water partition coefficient (Wildman–Crippen LogP) is 2.39. The zero-order chi connectivity index (χ0) is 15.8. The number of hydrogen-bond acceptors (Lipinski definition) is 3. The fourth-order valence-corrected chi connectivity index (χ4v) is 2.37. The van der Waals surface area contributed by atoms with Crippen LogP contribution in [0.25, 0.3) is 0 Å². The summed E-state index contributed by atoms with van der Waals surface area (Å²) in [7, 11) is -0.476. The lowest BCUT2D eigenvalue weighted by atomic mass is 9.79. The highest BCUT2D eigenvalue weighted by Gasteiger charge is 2.51. The zero-order valence-electron chi connectivity index (χ0n) is 13.1. The normalized spacial score (nSPS) is 19.6. The molecular weight excluding hydrogens is 288 g/mol.